The maximum atomic E-state index is 10.0. The van der Waals surface area contributed by atoms with Crippen molar-refractivity contribution in [1.29, 1.82) is 0 Å². The van der Waals surface area contributed by atoms with Gasteiger partial charge in [0.15, 0.2) is 0 Å². The lowest BCUT2D eigenvalue weighted by atomic mass is 9.73. The summed E-state index contributed by atoms with van der Waals surface area (Å²) in [5, 5.41) is 10.0. The molecule has 0 aliphatic heterocycles. The molecular weight excluding hydrogens is 208 g/mol. The molecule has 0 heterocycles. The van der Waals surface area contributed by atoms with Crippen molar-refractivity contribution in [3.8, 4) is 5.75 Å². The molecule has 1 nitrogen and oxygen atoms in total. The van der Waals surface area contributed by atoms with Crippen molar-refractivity contribution >= 4 is 0 Å². The minimum Gasteiger partial charge on any atom is -0.508 e. The normalized spacial score (nSPS) is 42.0. The first-order valence-electron chi connectivity index (χ1n) is 6.79. The average Bonchev–Trinajstić information content (AvgIpc) is 3.01. The summed E-state index contributed by atoms with van der Waals surface area (Å²) < 4.78 is 0. The highest BCUT2D eigenvalue weighted by atomic mass is 16.3. The Morgan fingerprint density at radius 3 is 2.82 bits per heavy atom. The van der Waals surface area contributed by atoms with Crippen LogP contribution < -0.4 is 0 Å². The molecule has 5 atom stereocenters. The molecule has 3 aliphatic carbocycles. The van der Waals surface area contributed by atoms with E-state index < -0.39 is 0 Å². The molecule has 0 radical (unpaired) electrons. The molecule has 5 unspecified atom stereocenters. The van der Waals surface area contributed by atoms with Gasteiger partial charge in [0.1, 0.15) is 5.75 Å². The van der Waals surface area contributed by atoms with E-state index in [0.29, 0.717) is 11.7 Å². The lowest BCUT2D eigenvalue weighted by molar-refractivity contribution is 0.251. The molecule has 88 valence electrons. The Morgan fingerprint density at radius 1 is 1.06 bits per heavy atom. The lowest BCUT2D eigenvalue weighted by Gasteiger charge is -2.32. The van der Waals surface area contributed by atoms with Gasteiger partial charge in [0.05, 0.1) is 0 Å². The number of rotatable bonds is 1. The number of hydrogen-bond acceptors (Lipinski definition) is 1. The topological polar surface area (TPSA) is 20.2 Å². The van der Waals surface area contributed by atoms with Gasteiger partial charge in [-0.15, -0.1) is 0 Å². The standard InChI is InChI=1S/C16H18O/c17-16-7-2-1-4-13(16)15-9-10-8-14(15)12-6-3-5-11(10)12/h1-5,7,10-12,14-15,17H,6,8-9H2. The Morgan fingerprint density at radius 2 is 1.94 bits per heavy atom. The van der Waals surface area contributed by atoms with E-state index >= 15 is 0 Å². The van der Waals surface area contributed by atoms with Crippen LogP contribution in [0.5, 0.6) is 5.75 Å². The average molecular weight is 226 g/mol. The summed E-state index contributed by atoms with van der Waals surface area (Å²) >= 11 is 0. The fourth-order valence-electron chi connectivity index (χ4n) is 4.72. The minimum atomic E-state index is 0.507. The molecule has 2 saturated carbocycles. The molecule has 0 spiro atoms. The van der Waals surface area contributed by atoms with Crippen molar-refractivity contribution in [2.45, 2.75) is 25.2 Å². The van der Waals surface area contributed by atoms with Crippen molar-refractivity contribution in [1.82, 2.24) is 0 Å². The molecule has 0 saturated heterocycles. The van der Waals surface area contributed by atoms with E-state index in [9.17, 15) is 5.11 Å². The number of benzene rings is 1. The molecule has 0 aromatic heterocycles. The highest BCUT2D eigenvalue weighted by Gasteiger charge is 2.52. The zero-order chi connectivity index (χ0) is 11.4. The Hall–Kier alpha value is -1.24. The summed E-state index contributed by atoms with van der Waals surface area (Å²) in [7, 11) is 0. The molecule has 3 aliphatic rings. The van der Waals surface area contributed by atoms with Gasteiger partial charge in [-0.1, -0.05) is 30.4 Å². The van der Waals surface area contributed by atoms with Crippen LogP contribution in [0.1, 0.15) is 30.7 Å². The third-order valence-corrected chi connectivity index (χ3v) is 5.34. The van der Waals surface area contributed by atoms with Crippen LogP contribution >= 0.6 is 0 Å². The Balaban J connectivity index is 1.69. The number of allylic oxidation sites excluding steroid dienone is 2. The predicted octanol–water partition coefficient (Wildman–Crippen LogP) is 3.71. The first kappa shape index (κ1) is 9.76. The van der Waals surface area contributed by atoms with Crippen molar-refractivity contribution in [3.63, 3.8) is 0 Å². The van der Waals surface area contributed by atoms with Gasteiger partial charge in [-0.25, -0.2) is 0 Å². The number of fused-ring (bicyclic) bond motifs is 5. The highest BCUT2D eigenvalue weighted by molar-refractivity contribution is 5.37. The van der Waals surface area contributed by atoms with E-state index in [2.05, 4.69) is 24.3 Å². The zero-order valence-electron chi connectivity index (χ0n) is 9.92. The van der Waals surface area contributed by atoms with Crippen LogP contribution in [0.25, 0.3) is 0 Å². The Bertz CT molecular complexity index is 476. The van der Waals surface area contributed by atoms with Gasteiger partial charge < -0.3 is 5.11 Å². The Labute approximate surface area is 102 Å². The molecule has 1 aromatic rings. The molecule has 17 heavy (non-hydrogen) atoms. The van der Waals surface area contributed by atoms with Gasteiger partial charge in [-0.2, -0.15) is 0 Å². The summed E-state index contributed by atoms with van der Waals surface area (Å²) in [5.41, 5.74) is 1.20. The van der Waals surface area contributed by atoms with Gasteiger partial charge >= 0.3 is 0 Å². The zero-order valence-corrected chi connectivity index (χ0v) is 9.92. The third-order valence-electron chi connectivity index (χ3n) is 5.34. The molecular formula is C16H18O. The second-order valence-corrected chi connectivity index (χ2v) is 5.97. The molecule has 0 amide bonds. The van der Waals surface area contributed by atoms with Crippen LogP contribution in [0.4, 0.5) is 0 Å². The quantitative estimate of drug-likeness (QED) is 0.724. The number of phenolic OH excluding ortho intramolecular Hbond substituents is 1. The van der Waals surface area contributed by atoms with Crippen LogP contribution in [-0.4, -0.2) is 5.11 Å². The summed E-state index contributed by atoms with van der Waals surface area (Å²) in [6.07, 6.45) is 8.78. The second kappa shape index (κ2) is 3.38. The number of para-hydroxylation sites is 1. The summed E-state index contributed by atoms with van der Waals surface area (Å²) in [4.78, 5) is 0. The van der Waals surface area contributed by atoms with E-state index in [4.69, 9.17) is 0 Å². The van der Waals surface area contributed by atoms with Gasteiger partial charge in [0, 0.05) is 0 Å². The first-order chi connectivity index (χ1) is 8.34. The molecule has 1 heteroatoms. The smallest absolute Gasteiger partial charge is 0.119 e. The fourth-order valence-corrected chi connectivity index (χ4v) is 4.72. The SMILES string of the molecule is Oc1ccccc1C1CC2CC1C1CC=CC21. The maximum Gasteiger partial charge on any atom is 0.119 e. The van der Waals surface area contributed by atoms with E-state index in [1.54, 1.807) is 0 Å². The molecule has 4 rings (SSSR count). The molecule has 1 N–H and O–H groups in total. The summed E-state index contributed by atoms with van der Waals surface area (Å²) in [6, 6.07) is 7.95. The van der Waals surface area contributed by atoms with Crippen LogP contribution in [0.3, 0.4) is 0 Å². The highest BCUT2D eigenvalue weighted by Crippen LogP contribution is 2.62. The summed E-state index contributed by atoms with van der Waals surface area (Å²) in [5.74, 6) is 4.55. The lowest BCUT2D eigenvalue weighted by Crippen LogP contribution is -2.23. The van der Waals surface area contributed by atoms with Gasteiger partial charge in [0.25, 0.3) is 0 Å². The third kappa shape index (κ3) is 1.25. The predicted molar refractivity (Wildman–Crippen MR) is 67.8 cm³/mol. The van der Waals surface area contributed by atoms with Crippen molar-refractivity contribution in [2.24, 2.45) is 23.7 Å². The fraction of sp³-hybridized carbons (Fsp3) is 0.500. The van der Waals surface area contributed by atoms with E-state index in [1.807, 2.05) is 12.1 Å². The molecule has 2 fully saturated rings. The van der Waals surface area contributed by atoms with E-state index in [1.165, 1.54) is 24.8 Å². The van der Waals surface area contributed by atoms with Crippen molar-refractivity contribution < 1.29 is 5.11 Å². The number of hydrogen-bond donors (Lipinski definition) is 1. The number of aromatic hydroxyl groups is 1. The van der Waals surface area contributed by atoms with Gasteiger partial charge in [0.2, 0.25) is 0 Å². The first-order valence-corrected chi connectivity index (χ1v) is 6.79. The monoisotopic (exact) mass is 226 g/mol. The van der Waals surface area contributed by atoms with E-state index in [-0.39, 0.29) is 0 Å². The maximum absolute atomic E-state index is 10.0. The molecule has 1 aromatic carbocycles. The molecule has 2 bridgehead atoms. The summed E-state index contributed by atoms with van der Waals surface area (Å²) in [6.45, 7) is 0. The van der Waals surface area contributed by atoms with Crippen LogP contribution in [0.2, 0.25) is 0 Å². The minimum absolute atomic E-state index is 0.507. The number of phenols is 1. The van der Waals surface area contributed by atoms with Crippen molar-refractivity contribution in [3.05, 3.63) is 42.0 Å². The van der Waals surface area contributed by atoms with Gasteiger partial charge in [-0.3, -0.25) is 0 Å². The largest absolute Gasteiger partial charge is 0.508 e. The van der Waals surface area contributed by atoms with Gasteiger partial charge in [-0.05, 0) is 60.5 Å². The van der Waals surface area contributed by atoms with Crippen LogP contribution in [0, 0.1) is 23.7 Å². The van der Waals surface area contributed by atoms with E-state index in [0.717, 1.165) is 23.7 Å². The Kier molecular flexibility index (Phi) is 1.94. The van der Waals surface area contributed by atoms with Crippen LogP contribution in [0.15, 0.2) is 36.4 Å². The van der Waals surface area contributed by atoms with Crippen molar-refractivity contribution in [2.75, 3.05) is 0 Å². The second-order valence-electron chi connectivity index (χ2n) is 5.97. The van der Waals surface area contributed by atoms with Crippen LogP contribution in [-0.2, 0) is 0 Å².